The number of nitrogen functional groups attached to an aromatic ring is 1. The fourth-order valence-electron chi connectivity index (χ4n) is 1.41. The highest BCUT2D eigenvalue weighted by atomic mass is 32.2. The van der Waals surface area contributed by atoms with Gasteiger partial charge in [0.05, 0.1) is 9.64 Å². The predicted octanol–water partition coefficient (Wildman–Crippen LogP) is 0.679. The van der Waals surface area contributed by atoms with Crippen molar-refractivity contribution in [3.8, 4) is 0 Å². The van der Waals surface area contributed by atoms with Crippen molar-refractivity contribution >= 4 is 25.5 Å². The van der Waals surface area contributed by atoms with Gasteiger partial charge in [-0.2, -0.15) is 0 Å². The van der Waals surface area contributed by atoms with Crippen LogP contribution in [0.2, 0.25) is 0 Å². The van der Waals surface area contributed by atoms with Crippen molar-refractivity contribution in [2.45, 2.75) is 30.4 Å². The molecule has 1 aromatic rings. The second-order valence-electron chi connectivity index (χ2n) is 5.44. The smallest absolute Gasteiger partial charge is 0.240 e. The van der Waals surface area contributed by atoms with Gasteiger partial charge in [-0.05, 0) is 44.5 Å². The zero-order chi connectivity index (χ0) is 15.8. The first kappa shape index (κ1) is 16.9. The lowest BCUT2D eigenvalue weighted by Crippen LogP contribution is -2.43. The zero-order valence-corrected chi connectivity index (χ0v) is 13.6. The molecule has 1 aromatic carbocycles. The molecule has 0 fully saturated rings. The van der Waals surface area contributed by atoms with E-state index in [9.17, 15) is 16.8 Å². The minimum atomic E-state index is -3.79. The average Bonchev–Trinajstić information content (AvgIpc) is 2.24. The Kier molecular flexibility index (Phi) is 4.52. The van der Waals surface area contributed by atoms with Crippen LogP contribution in [0.25, 0.3) is 0 Å². The molecule has 20 heavy (non-hydrogen) atoms. The van der Waals surface area contributed by atoms with E-state index in [-0.39, 0.29) is 11.4 Å². The number of sulfone groups is 1. The summed E-state index contributed by atoms with van der Waals surface area (Å²) in [6, 6.07) is 4.47. The van der Waals surface area contributed by atoms with E-state index in [0.717, 1.165) is 6.26 Å². The number of anilines is 1. The molecule has 0 aromatic heterocycles. The molecule has 0 saturated heterocycles. The monoisotopic (exact) mass is 320 g/mol. The Morgan fingerprint density at radius 1 is 1.15 bits per heavy atom. The van der Waals surface area contributed by atoms with Gasteiger partial charge in [0.1, 0.15) is 0 Å². The van der Waals surface area contributed by atoms with Gasteiger partial charge in [0.15, 0.2) is 9.84 Å². The molecule has 0 bridgehead atoms. The topological polar surface area (TPSA) is 106 Å². The maximum atomic E-state index is 12.1. The van der Waals surface area contributed by atoms with Crippen molar-refractivity contribution in [2.75, 3.05) is 18.5 Å². The van der Waals surface area contributed by atoms with E-state index in [2.05, 4.69) is 4.72 Å². The van der Waals surface area contributed by atoms with E-state index in [1.54, 1.807) is 13.0 Å². The molecule has 0 aliphatic rings. The molecule has 0 spiro atoms. The van der Waals surface area contributed by atoms with Crippen LogP contribution in [-0.4, -0.2) is 34.4 Å². The quantitative estimate of drug-likeness (QED) is 0.776. The predicted molar refractivity (Wildman–Crippen MR) is 79.7 cm³/mol. The largest absolute Gasteiger partial charge is 0.399 e. The van der Waals surface area contributed by atoms with E-state index in [1.807, 2.05) is 0 Å². The van der Waals surface area contributed by atoms with E-state index in [1.165, 1.54) is 26.0 Å². The summed E-state index contributed by atoms with van der Waals surface area (Å²) in [5.74, 6) is 0. The number of aryl methyl sites for hydroxylation is 1. The number of hydrogen-bond donors (Lipinski definition) is 2. The Balaban J connectivity index is 3.03. The Morgan fingerprint density at radius 3 is 2.15 bits per heavy atom. The Bertz CT molecular complexity index is 687. The van der Waals surface area contributed by atoms with Crippen molar-refractivity contribution in [1.82, 2.24) is 4.72 Å². The second-order valence-corrected chi connectivity index (χ2v) is 9.85. The Labute approximate surface area is 120 Å². The first-order chi connectivity index (χ1) is 8.85. The van der Waals surface area contributed by atoms with Crippen molar-refractivity contribution in [3.63, 3.8) is 0 Å². The van der Waals surface area contributed by atoms with Crippen LogP contribution in [0.5, 0.6) is 0 Å². The van der Waals surface area contributed by atoms with Crippen molar-refractivity contribution in [1.29, 1.82) is 0 Å². The molecular weight excluding hydrogens is 300 g/mol. The van der Waals surface area contributed by atoms with Crippen LogP contribution in [0.1, 0.15) is 19.4 Å². The lowest BCUT2D eigenvalue weighted by Gasteiger charge is -2.22. The normalized spacial score (nSPS) is 13.4. The molecule has 0 atom stereocenters. The van der Waals surface area contributed by atoms with Gasteiger partial charge in [0.25, 0.3) is 0 Å². The van der Waals surface area contributed by atoms with E-state index in [0.29, 0.717) is 11.3 Å². The second kappa shape index (κ2) is 5.34. The number of benzene rings is 1. The third-order valence-corrected chi connectivity index (χ3v) is 6.61. The number of hydrogen-bond acceptors (Lipinski definition) is 5. The third-order valence-electron chi connectivity index (χ3n) is 3.08. The minimum absolute atomic E-state index is 0.0271. The Hall–Kier alpha value is -1.12. The summed E-state index contributed by atoms with van der Waals surface area (Å²) in [5.41, 5.74) is 6.68. The molecule has 0 amide bonds. The summed E-state index contributed by atoms with van der Waals surface area (Å²) < 4.78 is 48.5. The van der Waals surface area contributed by atoms with E-state index < -0.39 is 24.6 Å². The van der Waals surface area contributed by atoms with Crippen LogP contribution in [0.15, 0.2) is 23.1 Å². The number of sulfonamides is 1. The first-order valence-corrected chi connectivity index (χ1v) is 9.29. The molecule has 6 nitrogen and oxygen atoms in total. The molecule has 0 aliphatic heterocycles. The van der Waals surface area contributed by atoms with Crippen LogP contribution in [0.3, 0.4) is 0 Å². The van der Waals surface area contributed by atoms with Crippen molar-refractivity contribution < 1.29 is 16.8 Å². The summed E-state index contributed by atoms with van der Waals surface area (Å²) >= 11 is 0. The maximum Gasteiger partial charge on any atom is 0.240 e. The van der Waals surface area contributed by atoms with Gasteiger partial charge in [-0.15, -0.1) is 0 Å². The molecule has 0 saturated carbocycles. The van der Waals surface area contributed by atoms with Gasteiger partial charge in [-0.1, -0.05) is 0 Å². The van der Waals surface area contributed by atoms with E-state index in [4.69, 9.17) is 5.73 Å². The fourth-order valence-corrected chi connectivity index (χ4v) is 3.19. The highest BCUT2D eigenvalue weighted by Crippen LogP contribution is 2.18. The van der Waals surface area contributed by atoms with Crippen LogP contribution in [-0.2, 0) is 19.9 Å². The third kappa shape index (κ3) is 3.94. The van der Waals surface area contributed by atoms with Crippen LogP contribution < -0.4 is 10.5 Å². The average molecular weight is 320 g/mol. The van der Waals surface area contributed by atoms with Gasteiger partial charge >= 0.3 is 0 Å². The van der Waals surface area contributed by atoms with Gasteiger partial charge in [-0.25, -0.2) is 21.6 Å². The van der Waals surface area contributed by atoms with Gasteiger partial charge in [0.2, 0.25) is 10.0 Å². The number of rotatable bonds is 5. The molecule has 114 valence electrons. The standard InChI is InChI=1S/C12H20N2O4S2/c1-9-5-10(13)7-11(6-9)20(17,18)14-8-12(2,3)19(4,15)16/h5-7,14H,8,13H2,1-4H3. The Morgan fingerprint density at radius 2 is 1.70 bits per heavy atom. The SMILES string of the molecule is Cc1cc(N)cc(S(=O)(=O)NCC(C)(C)S(C)(=O)=O)c1. The summed E-state index contributed by atoms with van der Waals surface area (Å²) in [7, 11) is -7.17. The first-order valence-electron chi connectivity index (χ1n) is 5.92. The molecule has 3 N–H and O–H groups in total. The van der Waals surface area contributed by atoms with Gasteiger partial charge in [-0.3, -0.25) is 0 Å². The summed E-state index contributed by atoms with van der Waals surface area (Å²) in [6.07, 6.45) is 1.08. The highest BCUT2D eigenvalue weighted by molar-refractivity contribution is 7.92. The van der Waals surface area contributed by atoms with Crippen LogP contribution >= 0.6 is 0 Å². The summed E-state index contributed by atoms with van der Waals surface area (Å²) in [5, 5.41) is 0. The molecule has 0 heterocycles. The molecule has 0 unspecified atom stereocenters. The molecule has 0 aliphatic carbocycles. The molecule has 8 heteroatoms. The summed E-state index contributed by atoms with van der Waals surface area (Å²) in [4.78, 5) is 0.0271. The van der Waals surface area contributed by atoms with Gasteiger partial charge < -0.3 is 5.73 Å². The highest BCUT2D eigenvalue weighted by Gasteiger charge is 2.32. The lowest BCUT2D eigenvalue weighted by molar-refractivity contribution is 0.537. The molecule has 1 rings (SSSR count). The lowest BCUT2D eigenvalue weighted by atomic mass is 10.2. The number of nitrogens with two attached hydrogens (primary N) is 1. The van der Waals surface area contributed by atoms with Crippen LogP contribution in [0, 0.1) is 6.92 Å². The minimum Gasteiger partial charge on any atom is -0.399 e. The van der Waals surface area contributed by atoms with Gasteiger partial charge in [0, 0.05) is 18.5 Å². The maximum absolute atomic E-state index is 12.1. The van der Waals surface area contributed by atoms with Crippen molar-refractivity contribution in [2.24, 2.45) is 0 Å². The molecule has 0 radical (unpaired) electrons. The molecular formula is C12H20N2O4S2. The number of nitrogens with one attached hydrogen (secondary N) is 1. The fraction of sp³-hybridized carbons (Fsp3) is 0.500. The van der Waals surface area contributed by atoms with E-state index >= 15 is 0 Å². The zero-order valence-electron chi connectivity index (χ0n) is 12.0. The van der Waals surface area contributed by atoms with Crippen molar-refractivity contribution in [3.05, 3.63) is 23.8 Å². The van der Waals surface area contributed by atoms with Crippen LogP contribution in [0.4, 0.5) is 5.69 Å². The summed E-state index contributed by atoms with van der Waals surface area (Å²) in [6.45, 7) is 4.46.